The zero-order valence-electron chi connectivity index (χ0n) is 15.4. The Balaban J connectivity index is 1.20. The Morgan fingerprint density at radius 2 is 1.60 bits per heavy atom. The van der Waals surface area contributed by atoms with Gasteiger partial charge in [-0.1, -0.05) is 46.4 Å². The predicted octanol–water partition coefficient (Wildman–Crippen LogP) is 5.58. The fraction of sp³-hybridized carbons (Fsp3) is 0.300. The Morgan fingerprint density at radius 1 is 0.933 bits per heavy atom. The molecule has 6 nitrogen and oxygen atoms in total. The van der Waals surface area contributed by atoms with Crippen LogP contribution in [0.1, 0.15) is 12.8 Å². The molecule has 2 amide bonds. The second-order valence-electron chi connectivity index (χ2n) is 7.46. The van der Waals surface area contributed by atoms with Crippen LogP contribution in [0, 0.1) is 5.41 Å². The van der Waals surface area contributed by atoms with Gasteiger partial charge < -0.3 is 14.8 Å². The number of carbonyl (C=O) groups excluding carboxylic acids is 2. The van der Waals surface area contributed by atoms with Gasteiger partial charge in [0.1, 0.15) is 12.4 Å². The molecule has 10 heteroatoms. The molecule has 2 aromatic carbocycles. The highest BCUT2D eigenvalue weighted by Crippen LogP contribution is 2.78. The molecule has 4 rings (SSSR count). The van der Waals surface area contributed by atoms with E-state index in [1.54, 1.807) is 30.3 Å². The summed E-state index contributed by atoms with van der Waals surface area (Å²) in [5.41, 5.74) is -0.0200. The predicted molar refractivity (Wildman–Crippen MR) is 116 cm³/mol. The molecule has 0 unspecified atom stereocenters. The molecule has 0 aliphatic heterocycles. The molecule has 0 atom stereocenters. The van der Waals surface area contributed by atoms with Crippen molar-refractivity contribution in [1.29, 1.82) is 0 Å². The number of halogens is 4. The van der Waals surface area contributed by atoms with Gasteiger partial charge >= 0.3 is 6.09 Å². The first kappa shape index (κ1) is 21.4. The fourth-order valence-corrected chi connectivity index (χ4v) is 4.01. The number of nitrogens with one attached hydrogen (secondary N) is 2. The van der Waals surface area contributed by atoms with Crippen molar-refractivity contribution in [2.75, 3.05) is 18.5 Å². The van der Waals surface area contributed by atoms with Crippen molar-refractivity contribution >= 4 is 64.1 Å². The average molecular weight is 490 g/mol. The van der Waals surface area contributed by atoms with Gasteiger partial charge in [-0.05, 0) is 43.2 Å². The first-order valence-electron chi connectivity index (χ1n) is 9.00. The zero-order valence-corrected chi connectivity index (χ0v) is 18.5. The first-order chi connectivity index (χ1) is 14.2. The van der Waals surface area contributed by atoms with Crippen molar-refractivity contribution in [2.24, 2.45) is 5.41 Å². The van der Waals surface area contributed by atoms with Gasteiger partial charge in [0.05, 0.1) is 25.6 Å². The van der Waals surface area contributed by atoms with Crippen molar-refractivity contribution in [1.82, 2.24) is 5.32 Å². The van der Waals surface area contributed by atoms with Crippen LogP contribution >= 0.6 is 46.4 Å². The smallest absolute Gasteiger partial charge is 0.411 e. The first-order valence-corrected chi connectivity index (χ1v) is 10.5. The highest BCUT2D eigenvalue weighted by atomic mass is 35.5. The van der Waals surface area contributed by atoms with E-state index in [0.717, 1.165) is 12.8 Å². The van der Waals surface area contributed by atoms with Gasteiger partial charge in [-0.15, -0.1) is 0 Å². The molecule has 158 valence electrons. The minimum absolute atomic E-state index is 0.144. The molecule has 0 aromatic heterocycles. The maximum Gasteiger partial charge on any atom is 0.411 e. The van der Waals surface area contributed by atoms with Crippen molar-refractivity contribution in [2.45, 2.75) is 18.4 Å². The second kappa shape index (κ2) is 8.00. The molecule has 2 aliphatic rings. The van der Waals surface area contributed by atoms with Crippen molar-refractivity contribution in [3.63, 3.8) is 0 Å². The van der Waals surface area contributed by atoms with Crippen LogP contribution < -0.4 is 15.4 Å². The molecule has 0 radical (unpaired) electrons. The lowest BCUT2D eigenvalue weighted by molar-refractivity contribution is -0.123. The molecule has 0 saturated heterocycles. The third-order valence-corrected chi connectivity index (χ3v) is 6.81. The van der Waals surface area contributed by atoms with E-state index in [1.165, 1.54) is 6.07 Å². The molecule has 0 heterocycles. The van der Waals surface area contributed by atoms with E-state index in [2.05, 4.69) is 10.6 Å². The quantitative estimate of drug-likeness (QED) is 0.532. The summed E-state index contributed by atoms with van der Waals surface area (Å²) in [5.74, 6) is 0.206. The van der Waals surface area contributed by atoms with Crippen LogP contribution in [0.25, 0.3) is 0 Å². The van der Waals surface area contributed by atoms with Crippen LogP contribution in [-0.4, -0.2) is 30.8 Å². The Hall–Kier alpha value is -1.86. The second-order valence-corrected chi connectivity index (χ2v) is 9.09. The van der Waals surface area contributed by atoms with E-state index in [0.29, 0.717) is 31.5 Å². The van der Waals surface area contributed by atoms with Crippen LogP contribution in [0.4, 0.5) is 10.5 Å². The number of rotatable bonds is 7. The molecule has 0 bridgehead atoms. The van der Waals surface area contributed by atoms with Crippen LogP contribution in [0.3, 0.4) is 0 Å². The van der Waals surface area contributed by atoms with Crippen LogP contribution in [0.2, 0.25) is 20.1 Å². The summed E-state index contributed by atoms with van der Waals surface area (Å²) < 4.78 is 10.7. The maximum absolute atomic E-state index is 12.2. The molecule has 2 N–H and O–H groups in total. The molecule has 2 saturated carbocycles. The van der Waals surface area contributed by atoms with Crippen molar-refractivity contribution in [3.05, 3.63) is 56.5 Å². The fourth-order valence-electron chi connectivity index (χ4n) is 3.43. The Morgan fingerprint density at radius 3 is 2.27 bits per heavy atom. The largest absolute Gasteiger partial charge is 0.484 e. The number of ether oxygens (including phenoxy) is 2. The number of anilines is 1. The summed E-state index contributed by atoms with van der Waals surface area (Å²) in [5, 5.41) is 7.06. The maximum atomic E-state index is 12.2. The van der Waals surface area contributed by atoms with Crippen molar-refractivity contribution in [3.8, 4) is 5.75 Å². The molecule has 2 fully saturated rings. The van der Waals surface area contributed by atoms with E-state index in [9.17, 15) is 9.59 Å². The number of benzene rings is 2. The lowest BCUT2D eigenvalue weighted by atomic mass is 10.2. The van der Waals surface area contributed by atoms with Gasteiger partial charge in [-0.3, -0.25) is 10.1 Å². The minimum atomic E-state index is -0.593. The summed E-state index contributed by atoms with van der Waals surface area (Å²) in [7, 11) is 0. The van der Waals surface area contributed by atoms with Crippen LogP contribution in [0.5, 0.6) is 5.75 Å². The summed E-state index contributed by atoms with van der Waals surface area (Å²) in [6, 6.07) is 9.53. The summed E-state index contributed by atoms with van der Waals surface area (Å²) in [6.45, 7) is 0.0720. The van der Waals surface area contributed by atoms with Crippen molar-refractivity contribution < 1.29 is 19.1 Å². The van der Waals surface area contributed by atoms with Crippen LogP contribution in [-0.2, 0) is 9.53 Å². The van der Waals surface area contributed by atoms with Gasteiger partial charge in [0.2, 0.25) is 0 Å². The van der Waals surface area contributed by atoms with E-state index < -0.39 is 6.09 Å². The standard InChI is InChI=1S/C20H16Cl4N2O4/c21-13-3-1-11(5-15(13)23)25-18(28)30-10-19-8-20(19,9-19)26-17(27)7-29-12-2-4-14(22)16(24)6-12/h1-6H,7-10H2,(H,25,28)(H,26,27). The van der Waals surface area contributed by atoms with Gasteiger partial charge in [0.15, 0.2) is 6.61 Å². The minimum Gasteiger partial charge on any atom is -0.484 e. The van der Waals surface area contributed by atoms with Gasteiger partial charge in [0.25, 0.3) is 5.91 Å². The molecular formula is C20H16Cl4N2O4. The molecule has 0 spiro atoms. The van der Waals surface area contributed by atoms with E-state index >= 15 is 0 Å². The zero-order chi connectivity index (χ0) is 21.5. The Kier molecular flexibility index (Phi) is 5.70. The highest BCUT2D eigenvalue weighted by molar-refractivity contribution is 6.42. The summed E-state index contributed by atoms with van der Waals surface area (Å²) in [6.07, 6.45) is 0.932. The Labute approximate surface area is 192 Å². The number of hydrogen-bond donors (Lipinski definition) is 2. The highest BCUT2D eigenvalue weighted by Gasteiger charge is 2.84. The summed E-state index contributed by atoms with van der Waals surface area (Å²) in [4.78, 5) is 24.2. The lowest BCUT2D eigenvalue weighted by Gasteiger charge is -2.09. The number of carbonyl (C=O) groups is 2. The molecular weight excluding hydrogens is 474 g/mol. The average Bonchev–Trinajstić information content (AvgIpc) is 3.50. The monoisotopic (exact) mass is 488 g/mol. The number of hydrogen-bond acceptors (Lipinski definition) is 4. The van der Waals surface area contributed by atoms with Gasteiger partial charge in [-0.25, -0.2) is 4.79 Å². The molecule has 2 aliphatic carbocycles. The topological polar surface area (TPSA) is 76.7 Å². The van der Waals surface area contributed by atoms with E-state index in [1.807, 2.05) is 0 Å². The molecule has 30 heavy (non-hydrogen) atoms. The third-order valence-electron chi connectivity index (χ3n) is 5.33. The van der Waals surface area contributed by atoms with E-state index in [4.69, 9.17) is 55.9 Å². The SMILES string of the molecule is O=C(COc1ccc(Cl)c(Cl)c1)NC12CC1(COC(=O)Nc1ccc(Cl)c(Cl)c1)C2. The molecule has 2 aromatic rings. The number of fused-ring (bicyclic) bond motifs is 1. The Bertz CT molecular complexity index is 1020. The number of amides is 2. The lowest BCUT2D eigenvalue weighted by Crippen LogP contribution is -2.35. The third kappa shape index (κ3) is 4.42. The normalized spacial score (nSPS) is 23.2. The van der Waals surface area contributed by atoms with Gasteiger partial charge in [0, 0.05) is 17.2 Å². The van der Waals surface area contributed by atoms with Crippen LogP contribution in [0.15, 0.2) is 36.4 Å². The van der Waals surface area contributed by atoms with Gasteiger partial charge in [-0.2, -0.15) is 0 Å². The summed E-state index contributed by atoms with van der Waals surface area (Å²) >= 11 is 23.5. The van der Waals surface area contributed by atoms with E-state index in [-0.39, 0.29) is 30.1 Å².